The van der Waals surface area contributed by atoms with E-state index in [1.165, 1.54) is 6.92 Å². The van der Waals surface area contributed by atoms with E-state index in [0.717, 1.165) is 6.20 Å². The predicted octanol–water partition coefficient (Wildman–Crippen LogP) is 1.42. The molecule has 0 aliphatic heterocycles. The SMILES string of the molecule is Cc1nc(C(F)F)cnc1C(=O)O. The number of rotatable bonds is 2. The highest BCUT2D eigenvalue weighted by atomic mass is 19.3. The first-order valence-electron chi connectivity index (χ1n) is 3.37. The van der Waals surface area contributed by atoms with Crippen molar-refractivity contribution in [2.45, 2.75) is 13.3 Å². The zero-order valence-corrected chi connectivity index (χ0v) is 6.66. The summed E-state index contributed by atoms with van der Waals surface area (Å²) < 4.78 is 24.1. The highest BCUT2D eigenvalue weighted by Crippen LogP contribution is 2.16. The predicted molar refractivity (Wildman–Crippen MR) is 38.7 cm³/mol. The molecule has 1 aromatic heterocycles. The second-order valence-corrected chi connectivity index (χ2v) is 2.33. The third-order valence-corrected chi connectivity index (χ3v) is 1.39. The normalized spacial score (nSPS) is 10.5. The number of aromatic carboxylic acids is 1. The molecule has 0 amide bonds. The van der Waals surface area contributed by atoms with Gasteiger partial charge in [0.25, 0.3) is 6.43 Å². The fraction of sp³-hybridized carbons (Fsp3) is 0.286. The van der Waals surface area contributed by atoms with Crippen LogP contribution in [0.5, 0.6) is 0 Å². The number of carbonyl (C=O) groups is 1. The van der Waals surface area contributed by atoms with Gasteiger partial charge in [-0.1, -0.05) is 0 Å². The Morgan fingerprint density at radius 3 is 2.62 bits per heavy atom. The lowest BCUT2D eigenvalue weighted by molar-refractivity contribution is 0.0687. The van der Waals surface area contributed by atoms with Crippen LogP contribution < -0.4 is 0 Å². The maximum Gasteiger partial charge on any atom is 0.356 e. The van der Waals surface area contributed by atoms with E-state index < -0.39 is 18.1 Å². The van der Waals surface area contributed by atoms with Crippen molar-refractivity contribution < 1.29 is 18.7 Å². The van der Waals surface area contributed by atoms with Gasteiger partial charge in [0.15, 0.2) is 5.69 Å². The Morgan fingerprint density at radius 1 is 1.62 bits per heavy atom. The van der Waals surface area contributed by atoms with E-state index in [1.807, 2.05) is 0 Å². The van der Waals surface area contributed by atoms with Crippen molar-refractivity contribution in [3.63, 3.8) is 0 Å². The molecule has 0 aromatic carbocycles. The van der Waals surface area contributed by atoms with Crippen LogP contribution in [0.4, 0.5) is 8.78 Å². The number of hydrogen-bond acceptors (Lipinski definition) is 3. The van der Waals surface area contributed by atoms with Gasteiger partial charge in [-0.2, -0.15) is 0 Å². The van der Waals surface area contributed by atoms with Crippen molar-refractivity contribution in [3.8, 4) is 0 Å². The van der Waals surface area contributed by atoms with Crippen LogP contribution in [0, 0.1) is 6.92 Å². The van der Waals surface area contributed by atoms with Gasteiger partial charge in [0, 0.05) is 0 Å². The van der Waals surface area contributed by atoms with Crippen LogP contribution in [0.25, 0.3) is 0 Å². The molecule has 70 valence electrons. The van der Waals surface area contributed by atoms with Crippen LogP contribution in [-0.2, 0) is 0 Å². The molecular weight excluding hydrogens is 182 g/mol. The van der Waals surface area contributed by atoms with Crippen LogP contribution >= 0.6 is 0 Å². The van der Waals surface area contributed by atoms with Crippen LogP contribution in [0.2, 0.25) is 0 Å². The number of aromatic nitrogens is 2. The van der Waals surface area contributed by atoms with Crippen LogP contribution in [0.15, 0.2) is 6.20 Å². The van der Waals surface area contributed by atoms with Gasteiger partial charge in [0.2, 0.25) is 0 Å². The van der Waals surface area contributed by atoms with Gasteiger partial charge in [-0.3, -0.25) is 0 Å². The molecule has 0 saturated heterocycles. The molecule has 0 unspecified atom stereocenters. The summed E-state index contributed by atoms with van der Waals surface area (Å²) in [4.78, 5) is 17.2. The molecule has 1 heterocycles. The average Bonchev–Trinajstić information content (AvgIpc) is 2.03. The van der Waals surface area contributed by atoms with Gasteiger partial charge in [-0.25, -0.2) is 23.5 Å². The minimum atomic E-state index is -2.73. The van der Waals surface area contributed by atoms with Crippen molar-refractivity contribution in [3.05, 3.63) is 23.3 Å². The molecule has 1 N–H and O–H groups in total. The number of carboxylic acids is 1. The summed E-state index contributed by atoms with van der Waals surface area (Å²) in [6, 6.07) is 0. The first kappa shape index (κ1) is 9.50. The van der Waals surface area contributed by atoms with Crippen molar-refractivity contribution in [2.75, 3.05) is 0 Å². The fourth-order valence-corrected chi connectivity index (χ4v) is 0.815. The molecule has 6 heteroatoms. The standard InChI is InChI=1S/C7H6F2N2O2/c1-3-5(7(12)13)10-2-4(11-3)6(8)9/h2,6H,1H3,(H,12,13). The summed E-state index contributed by atoms with van der Waals surface area (Å²) in [5.74, 6) is -1.27. The highest BCUT2D eigenvalue weighted by molar-refractivity contribution is 5.86. The van der Waals surface area contributed by atoms with Crippen LogP contribution in [0.3, 0.4) is 0 Å². The molecule has 1 aromatic rings. The molecule has 0 fully saturated rings. The number of halogens is 2. The van der Waals surface area contributed by atoms with E-state index in [1.54, 1.807) is 0 Å². The maximum absolute atomic E-state index is 12.0. The Hall–Kier alpha value is -1.59. The Labute approximate surface area is 72.3 Å². The minimum Gasteiger partial charge on any atom is -0.476 e. The van der Waals surface area contributed by atoms with Gasteiger partial charge >= 0.3 is 5.97 Å². The molecule has 1 rings (SSSR count). The topological polar surface area (TPSA) is 63.1 Å². The molecule has 0 aliphatic rings. The molecule has 0 bridgehead atoms. The Kier molecular flexibility index (Phi) is 2.50. The zero-order valence-electron chi connectivity index (χ0n) is 6.66. The molecular formula is C7H6F2N2O2. The molecule has 4 nitrogen and oxygen atoms in total. The molecule has 13 heavy (non-hydrogen) atoms. The highest BCUT2D eigenvalue weighted by Gasteiger charge is 2.14. The van der Waals surface area contributed by atoms with E-state index in [0.29, 0.717) is 0 Å². The first-order valence-corrected chi connectivity index (χ1v) is 3.37. The van der Waals surface area contributed by atoms with Gasteiger partial charge in [0.1, 0.15) is 5.69 Å². The smallest absolute Gasteiger partial charge is 0.356 e. The molecule has 0 atom stereocenters. The van der Waals surface area contributed by atoms with E-state index in [2.05, 4.69) is 9.97 Å². The summed E-state index contributed by atoms with van der Waals surface area (Å²) in [6.45, 7) is 1.32. The summed E-state index contributed by atoms with van der Waals surface area (Å²) in [6.07, 6.45) is -1.96. The zero-order chi connectivity index (χ0) is 10.0. The van der Waals surface area contributed by atoms with E-state index in [9.17, 15) is 13.6 Å². The number of nitrogens with zero attached hydrogens (tertiary/aromatic N) is 2. The average molecular weight is 188 g/mol. The van der Waals surface area contributed by atoms with Gasteiger partial charge in [-0.15, -0.1) is 0 Å². The minimum absolute atomic E-state index is 0.00898. The largest absolute Gasteiger partial charge is 0.476 e. The van der Waals surface area contributed by atoms with Crippen molar-refractivity contribution >= 4 is 5.97 Å². The third-order valence-electron chi connectivity index (χ3n) is 1.39. The second kappa shape index (κ2) is 3.42. The summed E-state index contributed by atoms with van der Waals surface area (Å²) >= 11 is 0. The molecule has 0 spiro atoms. The number of alkyl halides is 2. The Morgan fingerprint density at radius 2 is 2.23 bits per heavy atom. The molecule has 0 saturated carbocycles. The maximum atomic E-state index is 12.0. The van der Waals surface area contributed by atoms with Crippen molar-refractivity contribution in [2.24, 2.45) is 0 Å². The second-order valence-electron chi connectivity index (χ2n) is 2.33. The number of carboxylic acid groups (broad SMARTS) is 1. The van der Waals surface area contributed by atoms with E-state index in [4.69, 9.17) is 5.11 Å². The lowest BCUT2D eigenvalue weighted by atomic mass is 10.3. The third kappa shape index (κ3) is 1.95. The number of hydrogen-bond donors (Lipinski definition) is 1. The summed E-state index contributed by atoms with van der Waals surface area (Å²) in [7, 11) is 0. The number of aryl methyl sites for hydroxylation is 1. The monoisotopic (exact) mass is 188 g/mol. The van der Waals surface area contributed by atoms with Gasteiger partial charge in [-0.05, 0) is 6.92 Å². The molecule has 0 aliphatic carbocycles. The van der Waals surface area contributed by atoms with Crippen LogP contribution in [-0.4, -0.2) is 21.0 Å². The molecule has 0 radical (unpaired) electrons. The quantitative estimate of drug-likeness (QED) is 0.762. The Balaban J connectivity index is 3.13. The lowest BCUT2D eigenvalue weighted by Crippen LogP contribution is -2.07. The Bertz CT molecular complexity index is 341. The van der Waals surface area contributed by atoms with Crippen molar-refractivity contribution in [1.29, 1.82) is 0 Å². The first-order chi connectivity index (χ1) is 6.02. The van der Waals surface area contributed by atoms with E-state index in [-0.39, 0.29) is 11.4 Å². The van der Waals surface area contributed by atoms with Gasteiger partial charge < -0.3 is 5.11 Å². The fourth-order valence-electron chi connectivity index (χ4n) is 0.815. The van der Waals surface area contributed by atoms with E-state index >= 15 is 0 Å². The summed E-state index contributed by atoms with van der Waals surface area (Å²) in [5, 5.41) is 8.51. The van der Waals surface area contributed by atoms with Gasteiger partial charge in [0.05, 0.1) is 11.9 Å². The van der Waals surface area contributed by atoms with Crippen LogP contribution in [0.1, 0.15) is 28.3 Å². The lowest BCUT2D eigenvalue weighted by Gasteiger charge is -2.01. The summed E-state index contributed by atoms with van der Waals surface area (Å²) in [5.41, 5.74) is -0.822. The van der Waals surface area contributed by atoms with Crippen molar-refractivity contribution in [1.82, 2.24) is 9.97 Å².